The van der Waals surface area contributed by atoms with Gasteiger partial charge >= 0.3 is 0 Å². The Morgan fingerprint density at radius 2 is 2.00 bits per heavy atom. The van der Waals surface area contributed by atoms with Crippen LogP contribution in [0.1, 0.15) is 24.6 Å². The van der Waals surface area contributed by atoms with E-state index in [2.05, 4.69) is 22.9 Å². The van der Waals surface area contributed by atoms with Crippen LogP contribution in [0.2, 0.25) is 0 Å². The summed E-state index contributed by atoms with van der Waals surface area (Å²) < 4.78 is 30.9. The Morgan fingerprint density at radius 3 is 2.76 bits per heavy atom. The second kappa shape index (κ2) is 8.71. The summed E-state index contributed by atoms with van der Waals surface area (Å²) in [6.45, 7) is 7.26. The molecule has 0 bridgehead atoms. The highest BCUT2D eigenvalue weighted by Crippen LogP contribution is 2.30. The largest absolute Gasteiger partial charge is 0.486 e. The van der Waals surface area contributed by atoms with E-state index in [1.54, 1.807) is 7.11 Å². The van der Waals surface area contributed by atoms with Crippen molar-refractivity contribution < 1.29 is 18.6 Å². The molecular formula is C22H27FN2O3Si. The van der Waals surface area contributed by atoms with Gasteiger partial charge in [-0.05, 0) is 55.1 Å². The molecule has 2 radical (unpaired) electrons. The third kappa shape index (κ3) is 4.73. The average molecular weight is 415 g/mol. The monoisotopic (exact) mass is 414 g/mol. The standard InChI is InChI=1S/C22H27FN2O3Si/c1-14-8-17(10-22(24-14)26-3)9-16-4-5-25(13-16)15(2)29-21-12-20-19(11-18(21)23)27-6-7-28-20/h8,10-12,15-16H,4-7,9,13H2,1-3H3/t15-,16+/m1/s1. The number of likely N-dealkylation sites (tertiary alicyclic amines) is 1. The van der Waals surface area contributed by atoms with Crippen LogP contribution in [0.15, 0.2) is 24.3 Å². The molecule has 0 saturated carbocycles. The van der Waals surface area contributed by atoms with Gasteiger partial charge in [-0.1, -0.05) is 6.92 Å². The quantitative estimate of drug-likeness (QED) is 0.680. The summed E-state index contributed by atoms with van der Waals surface area (Å²) in [7, 11) is 2.03. The molecule has 0 amide bonds. The van der Waals surface area contributed by atoms with Crippen LogP contribution < -0.4 is 19.4 Å². The maximum atomic E-state index is 14.5. The van der Waals surface area contributed by atoms with Crippen molar-refractivity contribution >= 4 is 14.7 Å². The van der Waals surface area contributed by atoms with Crippen molar-refractivity contribution in [3.05, 3.63) is 41.3 Å². The minimum absolute atomic E-state index is 0.200. The molecule has 1 saturated heterocycles. The molecule has 1 aromatic heterocycles. The number of methoxy groups -OCH3 is 1. The molecule has 2 aliphatic rings. The molecule has 4 rings (SSSR count). The lowest BCUT2D eigenvalue weighted by Gasteiger charge is -2.25. The van der Waals surface area contributed by atoms with Crippen LogP contribution >= 0.6 is 0 Å². The van der Waals surface area contributed by atoms with E-state index in [1.165, 1.54) is 11.6 Å². The zero-order valence-corrected chi connectivity index (χ0v) is 18.2. The zero-order chi connectivity index (χ0) is 20.4. The van der Waals surface area contributed by atoms with Crippen molar-refractivity contribution in [1.82, 2.24) is 9.88 Å². The number of rotatable bonds is 6. The van der Waals surface area contributed by atoms with Crippen LogP contribution in [0.3, 0.4) is 0 Å². The Kier molecular flexibility index (Phi) is 6.06. The van der Waals surface area contributed by atoms with Crippen LogP contribution in [0.5, 0.6) is 17.4 Å². The molecule has 7 heteroatoms. The van der Waals surface area contributed by atoms with Gasteiger partial charge in [0.1, 0.15) is 28.6 Å². The summed E-state index contributed by atoms with van der Waals surface area (Å²) in [5, 5.41) is 0.722. The Bertz CT molecular complexity index is 879. The molecule has 2 aliphatic heterocycles. The summed E-state index contributed by atoms with van der Waals surface area (Å²) in [5.41, 5.74) is 2.55. The van der Waals surface area contributed by atoms with Crippen molar-refractivity contribution in [3.8, 4) is 17.4 Å². The second-order valence-electron chi connectivity index (χ2n) is 7.81. The molecule has 3 heterocycles. The van der Waals surface area contributed by atoms with E-state index in [4.69, 9.17) is 14.2 Å². The Morgan fingerprint density at radius 1 is 1.24 bits per heavy atom. The highest BCUT2D eigenvalue weighted by atomic mass is 28.2. The van der Waals surface area contributed by atoms with Crippen molar-refractivity contribution in [2.45, 2.75) is 32.4 Å². The Labute approximate surface area is 174 Å². The number of benzene rings is 1. The van der Waals surface area contributed by atoms with E-state index in [0.29, 0.717) is 51.7 Å². The molecule has 5 nitrogen and oxygen atoms in total. The highest BCUT2D eigenvalue weighted by molar-refractivity contribution is 6.55. The molecule has 0 N–H and O–H groups in total. The smallest absolute Gasteiger partial charge is 0.213 e. The Balaban J connectivity index is 1.37. The van der Waals surface area contributed by atoms with E-state index in [9.17, 15) is 4.39 Å². The van der Waals surface area contributed by atoms with E-state index in [1.807, 2.05) is 19.1 Å². The van der Waals surface area contributed by atoms with Crippen LogP contribution in [0.25, 0.3) is 0 Å². The van der Waals surface area contributed by atoms with Crippen molar-refractivity contribution in [2.24, 2.45) is 5.92 Å². The third-order valence-electron chi connectivity index (χ3n) is 5.58. The van der Waals surface area contributed by atoms with Crippen molar-refractivity contribution in [1.29, 1.82) is 0 Å². The van der Waals surface area contributed by atoms with E-state index in [-0.39, 0.29) is 5.82 Å². The lowest BCUT2D eigenvalue weighted by Crippen LogP contribution is -2.41. The first kappa shape index (κ1) is 20.2. The van der Waals surface area contributed by atoms with Gasteiger partial charge in [-0.3, -0.25) is 0 Å². The number of nitrogens with zero attached hydrogens (tertiary/aromatic N) is 2. The fourth-order valence-corrected chi connectivity index (χ4v) is 5.43. The summed E-state index contributed by atoms with van der Waals surface area (Å²) in [5.74, 6) is 2.25. The van der Waals surface area contributed by atoms with Gasteiger partial charge in [-0.2, -0.15) is 0 Å². The molecule has 2 atom stereocenters. The van der Waals surface area contributed by atoms with Crippen LogP contribution in [-0.2, 0) is 6.42 Å². The number of hydrogen-bond donors (Lipinski definition) is 0. The lowest BCUT2D eigenvalue weighted by atomic mass is 9.99. The number of ether oxygens (including phenoxy) is 3. The van der Waals surface area contributed by atoms with Gasteiger partial charge in [-0.25, -0.2) is 9.37 Å². The number of aromatic nitrogens is 1. The molecule has 1 fully saturated rings. The maximum Gasteiger partial charge on any atom is 0.213 e. The number of aryl methyl sites for hydroxylation is 1. The highest BCUT2D eigenvalue weighted by Gasteiger charge is 2.28. The molecule has 154 valence electrons. The third-order valence-corrected chi connectivity index (χ3v) is 7.06. The van der Waals surface area contributed by atoms with Gasteiger partial charge in [0.2, 0.25) is 5.88 Å². The normalized spacial score (nSPS) is 19.9. The fourth-order valence-electron chi connectivity index (χ4n) is 4.13. The summed E-state index contributed by atoms with van der Waals surface area (Å²) in [6, 6.07) is 7.46. The van der Waals surface area contributed by atoms with E-state index in [0.717, 1.165) is 36.8 Å². The first-order chi connectivity index (χ1) is 14.0. The molecule has 1 aromatic carbocycles. The average Bonchev–Trinajstić information content (AvgIpc) is 3.16. The van der Waals surface area contributed by atoms with E-state index < -0.39 is 0 Å². The van der Waals surface area contributed by atoms with Gasteiger partial charge in [0.05, 0.1) is 7.11 Å². The van der Waals surface area contributed by atoms with Crippen LogP contribution in [0.4, 0.5) is 4.39 Å². The van der Waals surface area contributed by atoms with Crippen molar-refractivity contribution in [3.63, 3.8) is 0 Å². The predicted molar refractivity (Wildman–Crippen MR) is 111 cm³/mol. The number of hydrogen-bond acceptors (Lipinski definition) is 5. The first-order valence-corrected chi connectivity index (χ1v) is 11.2. The molecule has 0 aliphatic carbocycles. The summed E-state index contributed by atoms with van der Waals surface area (Å²) >= 11 is 0. The van der Waals surface area contributed by atoms with Gasteiger partial charge in [0.25, 0.3) is 0 Å². The first-order valence-electron chi connectivity index (χ1n) is 10.1. The topological polar surface area (TPSA) is 43.8 Å². The van der Waals surface area contributed by atoms with Crippen LogP contribution in [-0.4, -0.2) is 58.5 Å². The molecule has 0 spiro atoms. The molecule has 0 unspecified atom stereocenters. The minimum Gasteiger partial charge on any atom is -0.486 e. The van der Waals surface area contributed by atoms with E-state index >= 15 is 0 Å². The Hall–Kier alpha value is -2.12. The second-order valence-corrected chi connectivity index (χ2v) is 9.47. The molecule has 2 aromatic rings. The zero-order valence-electron chi connectivity index (χ0n) is 17.2. The predicted octanol–water partition coefficient (Wildman–Crippen LogP) is 2.55. The lowest BCUT2D eigenvalue weighted by molar-refractivity contribution is 0.171. The number of fused-ring (bicyclic) bond motifs is 1. The van der Waals surface area contributed by atoms with Crippen LogP contribution in [0, 0.1) is 18.7 Å². The molecule has 29 heavy (non-hydrogen) atoms. The number of pyridine rings is 1. The SMILES string of the molecule is COc1cc(C[C@@H]2CCN([C@@H](C)[Si]c3cc4c(cc3F)OCCO4)C2)cc(C)n1. The van der Waals surface area contributed by atoms with Gasteiger partial charge < -0.3 is 19.1 Å². The van der Waals surface area contributed by atoms with Gasteiger partial charge in [0, 0.05) is 30.0 Å². The van der Waals surface area contributed by atoms with Crippen molar-refractivity contribution in [2.75, 3.05) is 33.4 Å². The van der Waals surface area contributed by atoms with Gasteiger partial charge in [0.15, 0.2) is 11.5 Å². The maximum absolute atomic E-state index is 14.5. The minimum atomic E-state index is -0.200. The van der Waals surface area contributed by atoms with Gasteiger partial charge in [-0.15, -0.1) is 0 Å². The summed E-state index contributed by atoms with van der Waals surface area (Å²) in [6.07, 6.45) is 2.17. The fraction of sp³-hybridized carbons (Fsp3) is 0.500. The number of halogens is 1. The molecular weight excluding hydrogens is 387 g/mol. The summed E-state index contributed by atoms with van der Waals surface area (Å²) in [4.78, 5) is 6.85.